The second-order valence-electron chi connectivity index (χ2n) is 2.94. The number of aliphatic hydroxyl groups excluding tert-OH is 1. The molecule has 0 saturated heterocycles. The van der Waals surface area contributed by atoms with E-state index in [0.29, 0.717) is 23.8 Å². The van der Waals surface area contributed by atoms with Gasteiger partial charge in [0.05, 0.1) is 6.61 Å². The van der Waals surface area contributed by atoms with E-state index in [0.717, 1.165) is 0 Å². The van der Waals surface area contributed by atoms with Gasteiger partial charge in [-0.3, -0.25) is 0 Å². The van der Waals surface area contributed by atoms with E-state index in [-0.39, 0.29) is 12.7 Å². The molecule has 0 radical (unpaired) electrons. The molecule has 0 spiro atoms. The minimum Gasteiger partial charge on any atom is -0.486 e. The summed E-state index contributed by atoms with van der Waals surface area (Å²) in [7, 11) is 0. The van der Waals surface area contributed by atoms with E-state index >= 15 is 0 Å². The van der Waals surface area contributed by atoms with Crippen molar-refractivity contribution in [1.82, 2.24) is 0 Å². The molecule has 0 saturated carbocycles. The Morgan fingerprint density at radius 2 is 2.13 bits per heavy atom. The van der Waals surface area contributed by atoms with Gasteiger partial charge in [0, 0.05) is 11.8 Å². The lowest BCUT2D eigenvalue weighted by atomic mass is 10.2. The number of hydrogen-bond acceptors (Lipinski definition) is 4. The molecule has 0 aromatic heterocycles. The molecule has 1 aromatic rings. The van der Waals surface area contributed by atoms with Crippen LogP contribution in [0.15, 0.2) is 18.2 Å². The number of anilines is 1. The van der Waals surface area contributed by atoms with E-state index < -0.39 is 0 Å². The summed E-state index contributed by atoms with van der Waals surface area (Å²) in [5.74, 6) is 1.28. The molecule has 4 nitrogen and oxygen atoms in total. The summed E-state index contributed by atoms with van der Waals surface area (Å²) in [5.41, 5.74) is 6.21. The van der Waals surface area contributed by atoms with Gasteiger partial charge in [0.1, 0.15) is 6.61 Å². The number of nitrogens with two attached hydrogens (primary N) is 1. The maximum absolute atomic E-state index is 8.84. The number of rotatable bonds is 1. The van der Waals surface area contributed by atoms with E-state index in [1.807, 2.05) is 13.8 Å². The SMILES string of the molecule is CC.Nc1ccc2c(c1)OCC(CO)O2. The van der Waals surface area contributed by atoms with Gasteiger partial charge in [-0.2, -0.15) is 0 Å². The molecule has 0 amide bonds. The van der Waals surface area contributed by atoms with Crippen molar-refractivity contribution >= 4 is 5.69 Å². The van der Waals surface area contributed by atoms with Crippen molar-refractivity contribution in [2.75, 3.05) is 18.9 Å². The molecule has 0 fully saturated rings. The van der Waals surface area contributed by atoms with Gasteiger partial charge in [-0.05, 0) is 12.1 Å². The van der Waals surface area contributed by atoms with Gasteiger partial charge in [0.2, 0.25) is 0 Å². The van der Waals surface area contributed by atoms with Gasteiger partial charge in [-0.25, -0.2) is 0 Å². The molecule has 1 heterocycles. The lowest BCUT2D eigenvalue weighted by molar-refractivity contribution is 0.0457. The predicted octanol–water partition coefficient (Wildman–Crippen LogP) is 1.43. The Labute approximate surface area is 89.6 Å². The van der Waals surface area contributed by atoms with Gasteiger partial charge in [0.25, 0.3) is 0 Å². The normalized spacial score (nSPS) is 17.7. The third-order valence-electron chi connectivity index (χ3n) is 1.89. The van der Waals surface area contributed by atoms with Crippen LogP contribution in [0.5, 0.6) is 11.5 Å². The van der Waals surface area contributed by atoms with Crippen LogP contribution in [0.3, 0.4) is 0 Å². The number of ether oxygens (including phenoxy) is 2. The first-order valence-electron chi connectivity index (χ1n) is 5.09. The summed E-state index contributed by atoms with van der Waals surface area (Å²) in [6.45, 7) is 4.33. The van der Waals surface area contributed by atoms with E-state index in [9.17, 15) is 0 Å². The van der Waals surface area contributed by atoms with Crippen LogP contribution in [-0.4, -0.2) is 24.4 Å². The standard InChI is InChI=1S/C9H11NO3.C2H6/c10-6-1-2-8-9(3-6)12-5-7(4-11)13-8;1-2/h1-3,7,11H,4-5,10H2;1-2H3. The summed E-state index contributed by atoms with van der Waals surface area (Å²) in [6, 6.07) is 5.19. The van der Waals surface area contributed by atoms with Crippen molar-refractivity contribution in [3.63, 3.8) is 0 Å². The lowest BCUT2D eigenvalue weighted by Gasteiger charge is -2.25. The van der Waals surface area contributed by atoms with Crippen LogP contribution < -0.4 is 15.2 Å². The van der Waals surface area contributed by atoms with Crippen molar-refractivity contribution in [3.05, 3.63) is 18.2 Å². The minimum absolute atomic E-state index is 0.0379. The summed E-state index contributed by atoms with van der Waals surface area (Å²) < 4.78 is 10.7. The zero-order valence-corrected chi connectivity index (χ0v) is 9.06. The largest absolute Gasteiger partial charge is 0.486 e. The van der Waals surface area contributed by atoms with Gasteiger partial charge < -0.3 is 20.3 Å². The Morgan fingerprint density at radius 1 is 1.40 bits per heavy atom. The molecule has 3 N–H and O–H groups in total. The van der Waals surface area contributed by atoms with E-state index in [1.54, 1.807) is 18.2 Å². The highest BCUT2D eigenvalue weighted by molar-refractivity contribution is 5.52. The Kier molecular flexibility index (Phi) is 4.24. The maximum Gasteiger partial charge on any atom is 0.163 e. The van der Waals surface area contributed by atoms with Gasteiger partial charge >= 0.3 is 0 Å². The molecule has 1 unspecified atom stereocenters. The fourth-order valence-corrected chi connectivity index (χ4v) is 1.22. The van der Waals surface area contributed by atoms with Crippen molar-refractivity contribution in [1.29, 1.82) is 0 Å². The number of benzene rings is 1. The van der Waals surface area contributed by atoms with E-state index in [4.69, 9.17) is 20.3 Å². The molecule has 0 bridgehead atoms. The Bertz CT molecular complexity index is 315. The van der Waals surface area contributed by atoms with Crippen molar-refractivity contribution in [3.8, 4) is 11.5 Å². The van der Waals surface area contributed by atoms with Crippen molar-refractivity contribution in [2.24, 2.45) is 0 Å². The van der Waals surface area contributed by atoms with Gasteiger partial charge in [-0.1, -0.05) is 13.8 Å². The first-order chi connectivity index (χ1) is 7.29. The topological polar surface area (TPSA) is 64.7 Å². The van der Waals surface area contributed by atoms with Crippen LogP contribution in [0, 0.1) is 0 Å². The van der Waals surface area contributed by atoms with Crippen LogP contribution in [0.4, 0.5) is 5.69 Å². The average Bonchev–Trinajstić information content (AvgIpc) is 2.31. The highest BCUT2D eigenvalue weighted by Crippen LogP contribution is 2.33. The van der Waals surface area contributed by atoms with E-state index in [1.165, 1.54) is 0 Å². The molecule has 1 aliphatic heterocycles. The highest BCUT2D eigenvalue weighted by Gasteiger charge is 2.19. The minimum atomic E-state index is -0.267. The molecule has 2 rings (SSSR count). The lowest BCUT2D eigenvalue weighted by Crippen LogP contribution is -2.32. The Hall–Kier alpha value is -1.42. The smallest absolute Gasteiger partial charge is 0.163 e. The predicted molar refractivity (Wildman–Crippen MR) is 59.2 cm³/mol. The summed E-state index contributed by atoms with van der Waals surface area (Å²) >= 11 is 0. The van der Waals surface area contributed by atoms with Crippen molar-refractivity contribution in [2.45, 2.75) is 20.0 Å². The number of aliphatic hydroxyl groups is 1. The number of fused-ring (bicyclic) bond motifs is 1. The van der Waals surface area contributed by atoms with E-state index in [2.05, 4.69) is 0 Å². The molecule has 0 aliphatic carbocycles. The fraction of sp³-hybridized carbons (Fsp3) is 0.455. The third kappa shape index (κ3) is 2.76. The maximum atomic E-state index is 8.84. The highest BCUT2D eigenvalue weighted by atomic mass is 16.6. The molecule has 1 atom stereocenters. The molecule has 15 heavy (non-hydrogen) atoms. The average molecular weight is 211 g/mol. The first kappa shape index (κ1) is 11.7. The first-order valence-corrected chi connectivity index (χ1v) is 5.09. The molecular weight excluding hydrogens is 194 g/mol. The van der Waals surface area contributed by atoms with Crippen LogP contribution in [0.25, 0.3) is 0 Å². The molecule has 1 aromatic carbocycles. The van der Waals surface area contributed by atoms with Gasteiger partial charge in [-0.15, -0.1) is 0 Å². The molecule has 1 aliphatic rings. The summed E-state index contributed by atoms with van der Waals surface area (Å²) in [5, 5.41) is 8.84. The molecule has 4 heteroatoms. The second-order valence-corrected chi connectivity index (χ2v) is 2.94. The number of hydrogen-bond donors (Lipinski definition) is 2. The van der Waals surface area contributed by atoms with Crippen molar-refractivity contribution < 1.29 is 14.6 Å². The zero-order valence-electron chi connectivity index (χ0n) is 9.06. The molecule has 84 valence electrons. The summed E-state index contributed by atoms with van der Waals surface area (Å²) in [6.07, 6.45) is -0.267. The third-order valence-corrected chi connectivity index (χ3v) is 1.89. The second kappa shape index (κ2) is 5.46. The molecular formula is C11H17NO3. The van der Waals surface area contributed by atoms with Crippen LogP contribution in [-0.2, 0) is 0 Å². The Balaban J connectivity index is 0.000000531. The van der Waals surface area contributed by atoms with Crippen LogP contribution in [0.1, 0.15) is 13.8 Å². The van der Waals surface area contributed by atoms with Gasteiger partial charge in [0.15, 0.2) is 17.6 Å². The number of nitrogen functional groups attached to an aromatic ring is 1. The summed E-state index contributed by atoms with van der Waals surface area (Å²) in [4.78, 5) is 0. The quantitative estimate of drug-likeness (QED) is 0.690. The van der Waals surface area contributed by atoms with Crippen LogP contribution in [0.2, 0.25) is 0 Å². The fourth-order valence-electron chi connectivity index (χ4n) is 1.22. The zero-order chi connectivity index (χ0) is 11.3. The van der Waals surface area contributed by atoms with Crippen LogP contribution >= 0.6 is 0 Å². The Morgan fingerprint density at radius 3 is 2.80 bits per heavy atom. The monoisotopic (exact) mass is 211 g/mol.